The molecule has 1 fully saturated rings. The Kier molecular flexibility index (Phi) is 2.44. The lowest BCUT2D eigenvalue weighted by molar-refractivity contribution is -0.526. The fourth-order valence-corrected chi connectivity index (χ4v) is 1.77. The Labute approximate surface area is 66.3 Å². The molecule has 2 atom stereocenters. The highest BCUT2D eigenvalue weighted by atomic mass is 16.6. The Bertz CT molecular complexity index is 159. The number of nitro groups is 1. The van der Waals surface area contributed by atoms with Crippen LogP contribution in [0.5, 0.6) is 0 Å². The highest BCUT2D eigenvalue weighted by molar-refractivity contribution is 4.82. The zero-order valence-corrected chi connectivity index (χ0v) is 6.99. The Morgan fingerprint density at radius 1 is 1.45 bits per heavy atom. The second-order valence-corrected chi connectivity index (χ2v) is 3.31. The van der Waals surface area contributed by atoms with Gasteiger partial charge in [0.1, 0.15) is 0 Å². The lowest BCUT2D eigenvalue weighted by atomic mass is 10.2. The third-order valence-electron chi connectivity index (χ3n) is 2.38. The average molecular weight is 158 g/mol. The van der Waals surface area contributed by atoms with Gasteiger partial charge >= 0.3 is 0 Å². The van der Waals surface area contributed by atoms with Crippen molar-refractivity contribution < 1.29 is 4.92 Å². The zero-order chi connectivity index (χ0) is 8.43. The minimum absolute atomic E-state index is 0.141. The summed E-state index contributed by atoms with van der Waals surface area (Å²) < 4.78 is 0. The molecule has 2 unspecified atom stereocenters. The van der Waals surface area contributed by atoms with E-state index in [1.165, 1.54) is 0 Å². The van der Waals surface area contributed by atoms with Gasteiger partial charge in [0.2, 0.25) is 6.04 Å². The fourth-order valence-electron chi connectivity index (χ4n) is 1.77. The summed E-state index contributed by atoms with van der Waals surface area (Å²) in [6.45, 7) is 0. The maximum Gasteiger partial charge on any atom is 0.228 e. The van der Waals surface area contributed by atoms with Crippen LogP contribution in [0.2, 0.25) is 0 Å². The first-order valence-electron chi connectivity index (χ1n) is 3.93. The summed E-state index contributed by atoms with van der Waals surface area (Å²) in [7, 11) is 3.82. The van der Waals surface area contributed by atoms with Crippen LogP contribution in [0, 0.1) is 10.1 Å². The third kappa shape index (κ3) is 1.68. The zero-order valence-electron chi connectivity index (χ0n) is 6.99. The van der Waals surface area contributed by atoms with E-state index in [4.69, 9.17) is 0 Å². The van der Waals surface area contributed by atoms with E-state index in [2.05, 4.69) is 0 Å². The van der Waals surface area contributed by atoms with Crippen LogP contribution in [0.4, 0.5) is 0 Å². The normalized spacial score (nSPS) is 31.2. The molecule has 1 saturated carbocycles. The van der Waals surface area contributed by atoms with Crippen LogP contribution in [0.3, 0.4) is 0 Å². The van der Waals surface area contributed by atoms with Crippen molar-refractivity contribution >= 4 is 0 Å². The first-order valence-corrected chi connectivity index (χ1v) is 3.93. The first kappa shape index (κ1) is 8.46. The smallest absolute Gasteiger partial charge is 0.228 e. The highest BCUT2D eigenvalue weighted by Gasteiger charge is 2.37. The van der Waals surface area contributed by atoms with Crippen molar-refractivity contribution in [3.63, 3.8) is 0 Å². The van der Waals surface area contributed by atoms with Gasteiger partial charge < -0.3 is 4.90 Å². The predicted molar refractivity (Wildman–Crippen MR) is 42.1 cm³/mol. The molecule has 1 aliphatic carbocycles. The molecule has 0 heterocycles. The van der Waals surface area contributed by atoms with E-state index in [0.717, 1.165) is 19.3 Å². The Hall–Kier alpha value is -0.640. The fraction of sp³-hybridized carbons (Fsp3) is 1.00. The van der Waals surface area contributed by atoms with Gasteiger partial charge in [-0.05, 0) is 26.9 Å². The van der Waals surface area contributed by atoms with E-state index in [-0.39, 0.29) is 17.0 Å². The summed E-state index contributed by atoms with van der Waals surface area (Å²) in [5.41, 5.74) is 0. The largest absolute Gasteiger partial charge is 0.300 e. The summed E-state index contributed by atoms with van der Waals surface area (Å²) in [6.07, 6.45) is 2.71. The SMILES string of the molecule is CN(C)C1CCCC1[N+](=O)[O-]. The van der Waals surface area contributed by atoms with E-state index in [0.29, 0.717) is 0 Å². The van der Waals surface area contributed by atoms with Gasteiger partial charge in [-0.1, -0.05) is 0 Å². The van der Waals surface area contributed by atoms with Crippen LogP contribution in [0.15, 0.2) is 0 Å². The summed E-state index contributed by atoms with van der Waals surface area (Å²) in [5.74, 6) is 0. The molecule has 0 saturated heterocycles. The van der Waals surface area contributed by atoms with E-state index < -0.39 is 0 Å². The molecule has 0 aliphatic heterocycles. The molecular weight excluding hydrogens is 144 g/mol. The van der Waals surface area contributed by atoms with Gasteiger partial charge in [0, 0.05) is 11.3 Å². The number of rotatable bonds is 2. The van der Waals surface area contributed by atoms with Gasteiger partial charge in [0.05, 0.1) is 6.04 Å². The van der Waals surface area contributed by atoms with E-state index in [1.54, 1.807) is 0 Å². The van der Waals surface area contributed by atoms with Crippen molar-refractivity contribution in [1.82, 2.24) is 4.90 Å². The molecule has 0 aromatic heterocycles. The predicted octanol–water partition coefficient (Wildman–Crippen LogP) is 0.746. The highest BCUT2D eigenvalue weighted by Crippen LogP contribution is 2.24. The van der Waals surface area contributed by atoms with Crippen molar-refractivity contribution in [1.29, 1.82) is 0 Å². The summed E-state index contributed by atoms with van der Waals surface area (Å²) in [6, 6.07) is -0.171. The number of likely N-dealkylation sites (N-methyl/N-ethyl adjacent to an activating group) is 1. The maximum absolute atomic E-state index is 10.5. The average Bonchev–Trinajstić information content (AvgIpc) is 2.32. The molecular formula is C7H14N2O2. The summed E-state index contributed by atoms with van der Waals surface area (Å²) in [4.78, 5) is 12.3. The monoisotopic (exact) mass is 158 g/mol. The van der Waals surface area contributed by atoms with Crippen LogP contribution in [0.1, 0.15) is 19.3 Å². The van der Waals surface area contributed by atoms with Crippen LogP contribution >= 0.6 is 0 Å². The van der Waals surface area contributed by atoms with Gasteiger partial charge in [0.15, 0.2) is 0 Å². The molecule has 0 radical (unpaired) electrons. The lowest BCUT2D eigenvalue weighted by Gasteiger charge is -2.20. The van der Waals surface area contributed by atoms with Crippen LogP contribution in [-0.4, -0.2) is 36.0 Å². The van der Waals surface area contributed by atoms with Gasteiger partial charge in [-0.25, -0.2) is 0 Å². The van der Waals surface area contributed by atoms with Crippen LogP contribution < -0.4 is 0 Å². The Balaban J connectivity index is 2.58. The lowest BCUT2D eigenvalue weighted by Crippen LogP contribution is -2.39. The molecule has 64 valence electrons. The molecule has 4 heteroatoms. The Morgan fingerprint density at radius 3 is 2.45 bits per heavy atom. The molecule has 0 N–H and O–H groups in total. The molecule has 11 heavy (non-hydrogen) atoms. The van der Waals surface area contributed by atoms with Crippen molar-refractivity contribution in [3.05, 3.63) is 10.1 Å². The van der Waals surface area contributed by atoms with Gasteiger partial charge in [-0.3, -0.25) is 10.1 Å². The van der Waals surface area contributed by atoms with Crippen molar-refractivity contribution in [2.24, 2.45) is 0 Å². The molecule has 0 aromatic rings. The van der Waals surface area contributed by atoms with E-state index in [9.17, 15) is 10.1 Å². The topological polar surface area (TPSA) is 46.4 Å². The van der Waals surface area contributed by atoms with Crippen molar-refractivity contribution in [3.8, 4) is 0 Å². The minimum Gasteiger partial charge on any atom is -0.300 e. The molecule has 4 nitrogen and oxygen atoms in total. The maximum atomic E-state index is 10.5. The van der Waals surface area contributed by atoms with E-state index >= 15 is 0 Å². The molecule has 0 aromatic carbocycles. The summed E-state index contributed by atoms with van der Waals surface area (Å²) in [5, 5.41) is 10.5. The van der Waals surface area contributed by atoms with Crippen molar-refractivity contribution in [2.75, 3.05) is 14.1 Å². The first-order chi connectivity index (χ1) is 5.13. The molecule has 1 rings (SSSR count). The standard InChI is InChI=1S/C7H14N2O2/c1-8(2)6-4-3-5-7(6)9(10)11/h6-7H,3-5H2,1-2H3. The van der Waals surface area contributed by atoms with Gasteiger partial charge in [-0.2, -0.15) is 0 Å². The molecule has 0 spiro atoms. The number of hydrogen-bond donors (Lipinski definition) is 0. The van der Waals surface area contributed by atoms with Gasteiger partial charge in [-0.15, -0.1) is 0 Å². The summed E-state index contributed by atoms with van der Waals surface area (Å²) >= 11 is 0. The molecule has 1 aliphatic rings. The van der Waals surface area contributed by atoms with Crippen molar-refractivity contribution in [2.45, 2.75) is 31.3 Å². The number of hydrogen-bond acceptors (Lipinski definition) is 3. The van der Waals surface area contributed by atoms with Gasteiger partial charge in [0.25, 0.3) is 0 Å². The van der Waals surface area contributed by atoms with Crippen LogP contribution in [0.25, 0.3) is 0 Å². The second-order valence-electron chi connectivity index (χ2n) is 3.31. The molecule has 0 amide bonds. The van der Waals surface area contributed by atoms with E-state index in [1.807, 2.05) is 19.0 Å². The second kappa shape index (κ2) is 3.17. The van der Waals surface area contributed by atoms with Crippen LogP contribution in [-0.2, 0) is 0 Å². The minimum atomic E-state index is -0.329. The number of nitrogens with zero attached hydrogens (tertiary/aromatic N) is 2. The Morgan fingerprint density at radius 2 is 2.09 bits per heavy atom. The molecule has 0 bridgehead atoms. The third-order valence-corrected chi connectivity index (χ3v) is 2.38. The quantitative estimate of drug-likeness (QED) is 0.440.